The van der Waals surface area contributed by atoms with Gasteiger partial charge in [-0.3, -0.25) is 0 Å². The number of hydrogen-bond acceptors (Lipinski definition) is 4. The van der Waals surface area contributed by atoms with Gasteiger partial charge in [-0.25, -0.2) is 17.7 Å². The van der Waals surface area contributed by atoms with E-state index in [2.05, 4.69) is 4.98 Å². The molecule has 0 aromatic carbocycles. The fourth-order valence-corrected chi connectivity index (χ4v) is 5.31. The van der Waals surface area contributed by atoms with E-state index < -0.39 is 15.6 Å². The van der Waals surface area contributed by atoms with Crippen molar-refractivity contribution in [3.05, 3.63) is 35.4 Å². The molecule has 2 fully saturated rings. The zero-order valence-electron chi connectivity index (χ0n) is 12.7. The molecule has 8 heteroatoms. The van der Waals surface area contributed by atoms with Crippen molar-refractivity contribution in [3.8, 4) is 0 Å². The molecule has 1 aliphatic heterocycles. The molecule has 23 heavy (non-hydrogen) atoms. The molecule has 0 unspecified atom stereocenters. The van der Waals surface area contributed by atoms with Crippen molar-refractivity contribution in [1.82, 2.24) is 13.7 Å². The largest absolute Gasteiger partial charge is 0.385 e. The molecular weight excluding hydrogens is 338 g/mol. The molecule has 2 atom stereocenters. The molecular formula is C15H18ClN3O3S. The van der Waals surface area contributed by atoms with E-state index in [1.807, 2.05) is 4.40 Å². The van der Waals surface area contributed by atoms with Crippen LogP contribution in [0.25, 0.3) is 5.52 Å². The van der Waals surface area contributed by atoms with Crippen LogP contribution < -0.4 is 0 Å². The number of sulfonamides is 1. The van der Waals surface area contributed by atoms with Gasteiger partial charge in [0.2, 0.25) is 10.0 Å². The summed E-state index contributed by atoms with van der Waals surface area (Å²) in [7, 11) is -3.16. The number of pyridine rings is 1. The number of imidazole rings is 1. The average molecular weight is 356 g/mol. The highest BCUT2D eigenvalue weighted by atomic mass is 35.5. The van der Waals surface area contributed by atoms with Crippen LogP contribution >= 0.6 is 11.6 Å². The third kappa shape index (κ3) is 2.46. The topological polar surface area (TPSA) is 74.9 Å². The van der Waals surface area contributed by atoms with E-state index >= 15 is 0 Å². The summed E-state index contributed by atoms with van der Waals surface area (Å²) in [5, 5.41) is 11.8. The Bertz CT molecular complexity index is 865. The predicted octanol–water partition coefficient (Wildman–Crippen LogP) is 1.48. The van der Waals surface area contributed by atoms with Gasteiger partial charge in [0.1, 0.15) is 0 Å². The zero-order chi connectivity index (χ0) is 16.4. The molecule has 2 aliphatic rings. The lowest BCUT2D eigenvalue weighted by atomic mass is 9.90. The first-order chi connectivity index (χ1) is 10.8. The second kappa shape index (κ2) is 4.92. The Labute approximate surface area is 139 Å². The summed E-state index contributed by atoms with van der Waals surface area (Å²) in [6, 6.07) is 1.80. The molecule has 4 rings (SSSR count). The first-order valence-corrected chi connectivity index (χ1v) is 9.78. The summed E-state index contributed by atoms with van der Waals surface area (Å²) in [6.45, 7) is 0.976. The van der Waals surface area contributed by atoms with Crippen LogP contribution in [0.1, 0.15) is 18.4 Å². The molecule has 1 saturated heterocycles. The van der Waals surface area contributed by atoms with Crippen molar-refractivity contribution in [1.29, 1.82) is 0 Å². The Morgan fingerprint density at radius 3 is 2.61 bits per heavy atom. The number of aliphatic hydroxyl groups is 1. The second-order valence-corrected chi connectivity index (χ2v) is 9.22. The first-order valence-electron chi connectivity index (χ1n) is 7.55. The van der Waals surface area contributed by atoms with Gasteiger partial charge in [-0.15, -0.1) is 0 Å². The van der Waals surface area contributed by atoms with Crippen molar-refractivity contribution in [2.24, 2.45) is 11.8 Å². The van der Waals surface area contributed by atoms with Crippen molar-refractivity contribution >= 4 is 27.1 Å². The fraction of sp³-hybridized carbons (Fsp3) is 0.533. The van der Waals surface area contributed by atoms with E-state index in [9.17, 15) is 13.5 Å². The molecule has 0 bridgehead atoms. The third-order valence-electron chi connectivity index (χ3n) is 5.20. The highest BCUT2D eigenvalue weighted by Crippen LogP contribution is 2.50. The van der Waals surface area contributed by atoms with Crippen LogP contribution in [0, 0.1) is 11.8 Å². The van der Waals surface area contributed by atoms with E-state index in [4.69, 9.17) is 11.6 Å². The number of fused-ring (bicyclic) bond motifs is 2. The van der Waals surface area contributed by atoms with Crippen LogP contribution in [-0.4, -0.2) is 46.6 Å². The van der Waals surface area contributed by atoms with E-state index in [0.717, 1.165) is 11.1 Å². The maximum Gasteiger partial charge on any atom is 0.211 e. The maximum absolute atomic E-state index is 11.7. The van der Waals surface area contributed by atoms with Gasteiger partial charge in [-0.2, -0.15) is 0 Å². The maximum atomic E-state index is 11.7. The first kappa shape index (κ1) is 15.4. The predicted molar refractivity (Wildman–Crippen MR) is 86.7 cm³/mol. The second-order valence-electron chi connectivity index (χ2n) is 6.80. The lowest BCUT2D eigenvalue weighted by molar-refractivity contribution is 0.0350. The Kier molecular flexibility index (Phi) is 3.29. The number of nitrogens with zero attached hydrogens (tertiary/aromatic N) is 3. The number of rotatable bonds is 2. The van der Waals surface area contributed by atoms with Gasteiger partial charge in [-0.05, 0) is 30.7 Å². The van der Waals surface area contributed by atoms with Crippen molar-refractivity contribution < 1.29 is 13.5 Å². The average Bonchev–Trinajstić information content (AvgIpc) is 3.09. The minimum Gasteiger partial charge on any atom is -0.385 e. The summed E-state index contributed by atoms with van der Waals surface area (Å²) < 4.78 is 26.8. The highest BCUT2D eigenvalue weighted by molar-refractivity contribution is 7.88. The standard InChI is InChI=1S/C15H18ClN3O3S/c1-23(21,22)19-6-10-3-15(20,4-11(10)7-19)13-2-12(16)8-18-9-17-5-14(13)18/h2,5,8-11,20H,3-4,6-7H2,1H3/t10-,11-/m0/s1. The molecule has 2 aromatic heterocycles. The van der Waals surface area contributed by atoms with Crippen molar-refractivity contribution in [2.75, 3.05) is 19.3 Å². The van der Waals surface area contributed by atoms with Gasteiger partial charge < -0.3 is 9.51 Å². The normalized spacial score (nSPS) is 27.6. The van der Waals surface area contributed by atoms with Gasteiger partial charge in [-0.1, -0.05) is 11.6 Å². The quantitative estimate of drug-likeness (QED) is 0.885. The monoisotopic (exact) mass is 355 g/mol. The minimum atomic E-state index is -3.16. The molecule has 0 radical (unpaired) electrons. The van der Waals surface area contributed by atoms with Crippen LogP contribution in [0.2, 0.25) is 5.02 Å². The third-order valence-corrected chi connectivity index (χ3v) is 6.64. The summed E-state index contributed by atoms with van der Waals surface area (Å²) in [6.07, 6.45) is 7.48. The van der Waals surface area contributed by atoms with Crippen molar-refractivity contribution in [2.45, 2.75) is 18.4 Å². The lowest BCUT2D eigenvalue weighted by Gasteiger charge is -2.26. The van der Waals surface area contributed by atoms with Crippen LogP contribution in [-0.2, 0) is 15.6 Å². The van der Waals surface area contributed by atoms with Crippen LogP contribution in [0.4, 0.5) is 0 Å². The van der Waals surface area contributed by atoms with Gasteiger partial charge in [0.05, 0.1) is 34.9 Å². The molecule has 1 saturated carbocycles. The summed E-state index contributed by atoms with van der Waals surface area (Å²) in [5.41, 5.74) is 0.644. The molecule has 3 heterocycles. The number of aromatic nitrogens is 2. The summed E-state index contributed by atoms with van der Waals surface area (Å²) in [4.78, 5) is 4.13. The summed E-state index contributed by atoms with van der Waals surface area (Å²) >= 11 is 6.18. The Hall–Kier alpha value is -1.15. The lowest BCUT2D eigenvalue weighted by Crippen LogP contribution is -2.32. The van der Waals surface area contributed by atoms with Gasteiger partial charge in [0, 0.05) is 24.8 Å². The summed E-state index contributed by atoms with van der Waals surface area (Å²) in [5.74, 6) is 0.355. The van der Waals surface area contributed by atoms with Crippen molar-refractivity contribution in [3.63, 3.8) is 0 Å². The van der Waals surface area contributed by atoms with E-state index in [-0.39, 0.29) is 11.8 Å². The van der Waals surface area contributed by atoms with E-state index in [0.29, 0.717) is 31.0 Å². The molecule has 6 nitrogen and oxygen atoms in total. The van der Waals surface area contributed by atoms with Crippen LogP contribution in [0.5, 0.6) is 0 Å². The van der Waals surface area contributed by atoms with Gasteiger partial charge in [0.25, 0.3) is 0 Å². The van der Waals surface area contributed by atoms with Crippen LogP contribution in [0.3, 0.4) is 0 Å². The van der Waals surface area contributed by atoms with E-state index in [1.165, 1.54) is 10.6 Å². The molecule has 0 spiro atoms. The number of hydrogen-bond donors (Lipinski definition) is 1. The highest BCUT2D eigenvalue weighted by Gasteiger charge is 2.51. The zero-order valence-corrected chi connectivity index (χ0v) is 14.3. The molecule has 2 aromatic rings. The number of halogens is 1. The van der Waals surface area contributed by atoms with E-state index in [1.54, 1.807) is 24.8 Å². The Balaban J connectivity index is 1.68. The smallest absolute Gasteiger partial charge is 0.211 e. The molecule has 1 N–H and O–H groups in total. The SMILES string of the molecule is CS(=O)(=O)N1C[C@@H]2CC(O)(c3cc(Cl)cn4cncc34)C[C@H]2C1. The molecule has 124 valence electrons. The van der Waals surface area contributed by atoms with Gasteiger partial charge >= 0.3 is 0 Å². The minimum absolute atomic E-state index is 0.177. The fourth-order valence-electron chi connectivity index (χ4n) is 4.17. The van der Waals surface area contributed by atoms with Crippen LogP contribution in [0.15, 0.2) is 24.8 Å². The Morgan fingerprint density at radius 2 is 2.00 bits per heavy atom. The molecule has 0 amide bonds. The molecule has 1 aliphatic carbocycles. The Morgan fingerprint density at radius 1 is 1.35 bits per heavy atom. The van der Waals surface area contributed by atoms with Gasteiger partial charge in [0.15, 0.2) is 0 Å².